The third-order valence-electron chi connectivity index (χ3n) is 9.97. The van der Waals surface area contributed by atoms with Gasteiger partial charge in [-0.3, -0.25) is 43.2 Å². The van der Waals surface area contributed by atoms with Gasteiger partial charge in [-0.25, -0.2) is 0 Å². The van der Waals surface area contributed by atoms with E-state index in [9.17, 15) is 43.2 Å². The van der Waals surface area contributed by atoms with Gasteiger partial charge >= 0.3 is 11.9 Å². The highest BCUT2D eigenvalue weighted by atomic mass is 32.2. The van der Waals surface area contributed by atoms with Crippen molar-refractivity contribution < 1.29 is 53.4 Å². The van der Waals surface area contributed by atoms with Crippen LogP contribution in [0.15, 0.2) is 30.3 Å². The first kappa shape index (κ1) is 89.7. The molecule has 0 aliphatic heterocycles. The average Bonchev–Trinajstić information content (AvgIpc) is 3.27. The minimum absolute atomic E-state index is 0. The van der Waals surface area contributed by atoms with Crippen molar-refractivity contribution in [1.29, 1.82) is 0 Å². The number of ketones is 7. The number of benzene rings is 1. The first-order chi connectivity index (χ1) is 35.1. The molecule has 0 fully saturated rings. The Bertz CT molecular complexity index is 2060. The predicted octanol–water partition coefficient (Wildman–Crippen LogP) is 16.8. The number of aliphatic carboxylic acids is 2. The van der Waals surface area contributed by atoms with Crippen molar-refractivity contribution >= 4 is 238 Å². The van der Waals surface area contributed by atoms with E-state index in [4.69, 9.17) is 71.3 Å². The number of carboxylic acid groups (broad SMARTS) is 2. The summed E-state index contributed by atoms with van der Waals surface area (Å²) in [7, 11) is 0. The lowest BCUT2D eigenvalue weighted by molar-refractivity contribution is -0.139. The van der Waals surface area contributed by atoms with Gasteiger partial charge in [0.25, 0.3) is 0 Å². The van der Waals surface area contributed by atoms with Gasteiger partial charge in [0.2, 0.25) is 0 Å². The van der Waals surface area contributed by atoms with Gasteiger partial charge in [-0.1, -0.05) is 195 Å². The first-order valence-corrected chi connectivity index (χ1v) is 33.7. The molecule has 1 aromatic carbocycles. The molecule has 0 saturated carbocycles. The van der Waals surface area contributed by atoms with E-state index >= 15 is 0 Å². The van der Waals surface area contributed by atoms with Crippen LogP contribution in [0.2, 0.25) is 0 Å². The molecule has 0 bridgehead atoms. The van der Waals surface area contributed by atoms with E-state index in [1.807, 2.05) is 92.6 Å². The zero-order valence-electron chi connectivity index (χ0n) is 49.0. The summed E-state index contributed by atoms with van der Waals surface area (Å²) in [5.74, 6) is 0.0905. The van der Waals surface area contributed by atoms with E-state index in [1.54, 1.807) is 87.9 Å². The molecular weight excluding hydrogens is 1270 g/mol. The molecule has 5 atom stereocenters. The Hall–Kier alpha value is -0.550. The molecule has 0 heterocycles. The van der Waals surface area contributed by atoms with Gasteiger partial charge in [0.05, 0.1) is 30.0 Å². The summed E-state index contributed by atoms with van der Waals surface area (Å²) >= 11 is 37.1. The second kappa shape index (κ2) is 45.8. The molecule has 5 unspecified atom stereocenters. The highest BCUT2D eigenvalue weighted by molar-refractivity contribution is 8.49. The zero-order valence-corrected chi connectivity index (χ0v) is 60.4. The maximum absolute atomic E-state index is 11.3. The minimum Gasteiger partial charge on any atom is -0.480 e. The number of thiocarbonyl (C=S) groups is 5. The van der Waals surface area contributed by atoms with Crippen molar-refractivity contribution in [2.24, 2.45) is 0 Å². The Kier molecular flexibility index (Phi) is 51.9. The lowest BCUT2D eigenvalue weighted by Crippen LogP contribution is -2.30. The second-order valence-electron chi connectivity index (χ2n) is 18.7. The Labute approximate surface area is 539 Å². The van der Waals surface area contributed by atoms with Crippen LogP contribution in [0.25, 0.3) is 0 Å². The van der Waals surface area contributed by atoms with Crippen molar-refractivity contribution in [2.45, 2.75) is 212 Å². The fraction of sp³-hybridized carbons (Fsp3) is 0.630. The third-order valence-corrected chi connectivity index (χ3v) is 22.8. The number of hydrogen-bond donors (Lipinski definition) is 2. The van der Waals surface area contributed by atoms with Crippen LogP contribution in [0, 0.1) is 0 Å². The molecule has 79 heavy (non-hydrogen) atoms. The summed E-state index contributed by atoms with van der Waals surface area (Å²) in [6.45, 7) is 38.0. The maximum atomic E-state index is 11.3. The fourth-order valence-corrected chi connectivity index (χ4v) is 17.2. The number of hydrogen-bond acceptors (Lipinski definition) is 23. The molecular formula is C54H86O11S14. The van der Waals surface area contributed by atoms with Crippen LogP contribution in [0.3, 0.4) is 0 Å². The molecule has 452 valence electrons. The van der Waals surface area contributed by atoms with Gasteiger partial charge < -0.3 is 10.2 Å². The highest BCUT2D eigenvalue weighted by Gasteiger charge is 2.34. The molecule has 0 saturated heterocycles. The molecule has 11 nitrogen and oxygen atoms in total. The van der Waals surface area contributed by atoms with Gasteiger partial charge in [-0.2, -0.15) is 0 Å². The van der Waals surface area contributed by atoms with Crippen LogP contribution in [0.1, 0.15) is 178 Å². The number of carboxylic acids is 2. The van der Waals surface area contributed by atoms with Gasteiger partial charge in [-0.05, 0) is 156 Å². The quantitative estimate of drug-likeness (QED) is 0.117. The summed E-state index contributed by atoms with van der Waals surface area (Å²) in [5, 5.41) is 16.9. The molecule has 0 amide bonds. The Morgan fingerprint density at radius 1 is 0.456 bits per heavy atom. The number of Topliss-reactive ketones (excluding diaryl/α,β-unsaturated/α-hetero) is 7. The van der Waals surface area contributed by atoms with E-state index < -0.39 is 36.2 Å². The number of rotatable bonds is 20. The number of carbonyl (C=O) groups excluding carboxylic acids is 7. The van der Waals surface area contributed by atoms with Crippen molar-refractivity contribution in [3.63, 3.8) is 0 Å². The Morgan fingerprint density at radius 2 is 0.759 bits per heavy atom. The Balaban J connectivity index is -0.000000204. The fourth-order valence-electron chi connectivity index (χ4n) is 3.34. The van der Waals surface area contributed by atoms with Crippen LogP contribution >= 0.6 is 167 Å². The van der Waals surface area contributed by atoms with E-state index in [2.05, 4.69) is 6.92 Å². The lowest BCUT2D eigenvalue weighted by atomic mass is 9.98. The Morgan fingerprint density at radius 3 is 1.00 bits per heavy atom. The monoisotopic (exact) mass is 1360 g/mol. The standard InChI is InChI=1S/C11H18O2S3.C10H16O3S3.C10H12O.C9H14O2S3.C7H12O2S3.C6H10OS2.CH4/c1-7(12)10(3,4)15-9(14)16-11(5,6)8(2)13;1-6(11)9(2,3)15-8(14)16-10(4,5)7(12)13;1-8(9(2)11)10-6-4-3-5-7-10;1-5(10)7(3)13-9(12)14-8(4)6(2)11;1-3-4-11-7(10)12-5(2)6(8)9;1-4(7)5(2)9-6(3)8;/h1-6H3;1-5H3,(H,12,13);3-8H,1-2H3;7-8H,1-4H3;5H,3-4H2,1-2H3,(H,8,9);5H,1-3H3;1H4. The summed E-state index contributed by atoms with van der Waals surface area (Å²) < 4.78 is 0.747. The van der Waals surface area contributed by atoms with Gasteiger partial charge in [0.1, 0.15) is 64.6 Å². The number of carbonyl (C=O) groups is 9. The van der Waals surface area contributed by atoms with Crippen LogP contribution in [0.4, 0.5) is 0 Å². The van der Waals surface area contributed by atoms with Crippen molar-refractivity contribution in [2.75, 3.05) is 5.75 Å². The van der Waals surface area contributed by atoms with Gasteiger partial charge in [-0.15, -0.1) is 23.5 Å². The summed E-state index contributed by atoms with van der Waals surface area (Å²) in [6, 6.07) is 9.82. The zero-order chi connectivity index (χ0) is 62.9. The molecule has 0 spiro atoms. The van der Waals surface area contributed by atoms with Crippen LogP contribution in [-0.2, 0) is 43.2 Å². The summed E-state index contributed by atoms with van der Waals surface area (Å²) in [5.41, 5.74) is 1.10. The van der Waals surface area contributed by atoms with Crippen molar-refractivity contribution in [3.05, 3.63) is 35.9 Å². The molecule has 0 aliphatic rings. The second-order valence-corrected chi connectivity index (χ2v) is 37.6. The number of thioether (sulfide) groups is 9. The van der Waals surface area contributed by atoms with E-state index in [1.165, 1.54) is 89.3 Å². The molecule has 1 rings (SSSR count). The largest absolute Gasteiger partial charge is 0.480 e. The molecule has 0 aromatic heterocycles. The van der Waals surface area contributed by atoms with Crippen LogP contribution in [0.5, 0.6) is 0 Å². The van der Waals surface area contributed by atoms with Crippen LogP contribution in [-0.4, -0.2) is 127 Å². The molecule has 25 heteroatoms. The molecule has 0 radical (unpaired) electrons. The topological polar surface area (TPSA) is 194 Å². The van der Waals surface area contributed by atoms with Crippen LogP contribution < -0.4 is 0 Å². The lowest BCUT2D eigenvalue weighted by Gasteiger charge is -2.25. The van der Waals surface area contributed by atoms with E-state index in [0.717, 1.165) is 37.2 Å². The van der Waals surface area contributed by atoms with Crippen molar-refractivity contribution in [3.8, 4) is 0 Å². The maximum Gasteiger partial charge on any atom is 0.319 e. The SMILES string of the molecule is C.CC(=O)C(C)(C)SC(=S)SC(C)(C)C(=O)O.CC(=O)C(C)(C)SC(=S)SC(C)(C)C(C)=O.CC(=O)C(C)SC(=S)SC(C)C(C)=O.CC(=O)C(C)SC(C)=S.CC(=O)C(C)c1ccccc1.CCCSC(=S)SC(C)C(=O)O. The summed E-state index contributed by atoms with van der Waals surface area (Å²) in [4.78, 5) is 98.7. The molecule has 1 aromatic rings. The van der Waals surface area contributed by atoms with E-state index in [-0.39, 0.29) is 69.6 Å². The normalized spacial score (nSPS) is 12.7. The smallest absolute Gasteiger partial charge is 0.319 e. The molecule has 2 N–H and O–H groups in total. The predicted molar refractivity (Wildman–Crippen MR) is 378 cm³/mol. The van der Waals surface area contributed by atoms with Gasteiger partial charge in [0, 0.05) is 10.1 Å². The highest BCUT2D eigenvalue weighted by Crippen LogP contribution is 2.39. The minimum atomic E-state index is -0.961. The summed E-state index contributed by atoms with van der Waals surface area (Å²) in [6.07, 6.45) is 1.06. The first-order valence-electron chi connectivity index (χ1n) is 23.9. The van der Waals surface area contributed by atoms with E-state index in [0.29, 0.717) is 10.6 Å². The molecule has 0 aliphatic carbocycles. The average molecular weight is 1360 g/mol. The van der Waals surface area contributed by atoms with Gasteiger partial charge in [0.15, 0.2) is 0 Å². The van der Waals surface area contributed by atoms with Crippen molar-refractivity contribution in [1.82, 2.24) is 0 Å². The third kappa shape index (κ3) is 48.4.